The maximum absolute atomic E-state index is 12.3. The molecule has 0 spiro atoms. The second kappa shape index (κ2) is 10.8. The van der Waals surface area contributed by atoms with Gasteiger partial charge in [-0.3, -0.25) is 14.4 Å². The maximum atomic E-state index is 12.3. The molecule has 0 aromatic carbocycles. The first-order valence-corrected chi connectivity index (χ1v) is 9.31. The lowest BCUT2D eigenvalue weighted by Crippen LogP contribution is -2.60. The minimum absolute atomic E-state index is 0.110. The summed E-state index contributed by atoms with van der Waals surface area (Å²) >= 11 is 0. The Hall–Kier alpha value is -2.62. The smallest absolute Gasteiger partial charge is 0.373 e. The van der Waals surface area contributed by atoms with Crippen molar-refractivity contribution in [2.24, 2.45) is 17.6 Å². The molecule has 1 aliphatic rings. The number of methoxy groups -OCH3 is 1. The molecule has 0 aromatic heterocycles. The summed E-state index contributed by atoms with van der Waals surface area (Å²) in [6, 6.07) is -1.48. The van der Waals surface area contributed by atoms with Crippen LogP contribution in [0.3, 0.4) is 0 Å². The Morgan fingerprint density at radius 3 is 2.28 bits per heavy atom. The van der Waals surface area contributed by atoms with Crippen LogP contribution in [0.1, 0.15) is 34.6 Å². The summed E-state index contributed by atoms with van der Waals surface area (Å²) in [4.78, 5) is 47.0. The standard InChI is InChI=1S/C19H30N2O8/c1-9(2)18(24)21-16-13(20)7-14(19(25)26-6)29-17(16)10(3)15(28-12(5)23)8-27-11(4)22/h7,9-10,13,15-17H,8,20H2,1-6H3,(H,21,24)/t10-,13+,15-,16-,17+/m1/s1. The summed E-state index contributed by atoms with van der Waals surface area (Å²) < 4.78 is 20.8. The highest BCUT2D eigenvalue weighted by molar-refractivity contribution is 5.86. The van der Waals surface area contributed by atoms with E-state index in [0.29, 0.717) is 0 Å². The molecule has 1 amide bonds. The number of hydrogen-bond acceptors (Lipinski definition) is 9. The highest BCUT2D eigenvalue weighted by Crippen LogP contribution is 2.27. The summed E-state index contributed by atoms with van der Waals surface area (Å²) in [7, 11) is 1.20. The van der Waals surface area contributed by atoms with Gasteiger partial charge in [-0.25, -0.2) is 4.79 Å². The molecule has 29 heavy (non-hydrogen) atoms. The molecule has 1 rings (SSSR count). The first-order chi connectivity index (χ1) is 13.5. The second-order valence-corrected chi connectivity index (χ2v) is 7.18. The zero-order valence-electron chi connectivity index (χ0n) is 17.6. The van der Waals surface area contributed by atoms with Crippen molar-refractivity contribution in [2.45, 2.75) is 58.9 Å². The number of nitrogens with one attached hydrogen (secondary N) is 1. The van der Waals surface area contributed by atoms with Crippen LogP contribution in [0, 0.1) is 11.8 Å². The molecule has 0 bridgehead atoms. The van der Waals surface area contributed by atoms with Crippen molar-refractivity contribution >= 4 is 23.8 Å². The van der Waals surface area contributed by atoms with E-state index < -0.39 is 48.1 Å². The van der Waals surface area contributed by atoms with Gasteiger partial charge in [0.2, 0.25) is 11.7 Å². The van der Waals surface area contributed by atoms with Gasteiger partial charge in [-0.05, 0) is 6.08 Å². The Kier molecular flexibility index (Phi) is 9.09. The molecule has 0 aromatic rings. The summed E-state index contributed by atoms with van der Waals surface area (Å²) in [5.74, 6) is -3.14. The number of carbonyl (C=O) groups excluding carboxylic acids is 4. The Balaban J connectivity index is 3.22. The third-order valence-electron chi connectivity index (χ3n) is 4.47. The normalized spacial score (nSPS) is 23.2. The van der Waals surface area contributed by atoms with Crippen molar-refractivity contribution in [3.63, 3.8) is 0 Å². The molecule has 1 aliphatic heterocycles. The van der Waals surface area contributed by atoms with Gasteiger partial charge in [0, 0.05) is 25.7 Å². The number of carbonyl (C=O) groups is 4. The third kappa shape index (κ3) is 7.04. The predicted molar refractivity (Wildman–Crippen MR) is 101 cm³/mol. The van der Waals surface area contributed by atoms with E-state index in [-0.39, 0.29) is 24.2 Å². The molecular weight excluding hydrogens is 384 g/mol. The average Bonchev–Trinajstić information content (AvgIpc) is 2.64. The van der Waals surface area contributed by atoms with Crippen molar-refractivity contribution in [1.29, 1.82) is 0 Å². The van der Waals surface area contributed by atoms with Crippen LogP contribution in [-0.2, 0) is 38.1 Å². The van der Waals surface area contributed by atoms with Gasteiger partial charge in [0.15, 0.2) is 0 Å². The van der Waals surface area contributed by atoms with Gasteiger partial charge in [0.25, 0.3) is 0 Å². The van der Waals surface area contributed by atoms with Crippen LogP contribution in [0.5, 0.6) is 0 Å². The molecule has 0 radical (unpaired) electrons. The van der Waals surface area contributed by atoms with Gasteiger partial charge in [0.05, 0.1) is 19.2 Å². The van der Waals surface area contributed by atoms with Crippen molar-refractivity contribution in [3.8, 4) is 0 Å². The number of nitrogens with two attached hydrogens (primary N) is 1. The van der Waals surface area contributed by atoms with Crippen LogP contribution in [0.25, 0.3) is 0 Å². The molecule has 10 nitrogen and oxygen atoms in total. The zero-order valence-corrected chi connectivity index (χ0v) is 17.6. The molecule has 0 saturated heterocycles. The van der Waals surface area contributed by atoms with E-state index in [0.717, 1.165) is 0 Å². The highest BCUT2D eigenvalue weighted by Gasteiger charge is 2.43. The van der Waals surface area contributed by atoms with E-state index in [4.69, 9.17) is 24.7 Å². The van der Waals surface area contributed by atoms with E-state index in [2.05, 4.69) is 5.32 Å². The van der Waals surface area contributed by atoms with Gasteiger partial charge in [0.1, 0.15) is 18.8 Å². The zero-order chi connectivity index (χ0) is 22.3. The van der Waals surface area contributed by atoms with Crippen molar-refractivity contribution in [1.82, 2.24) is 5.32 Å². The lowest BCUT2D eigenvalue weighted by Gasteiger charge is -2.40. The average molecular weight is 414 g/mol. The Morgan fingerprint density at radius 2 is 1.79 bits per heavy atom. The molecule has 0 saturated carbocycles. The predicted octanol–water partition coefficient (Wildman–Crippen LogP) is 0.0411. The van der Waals surface area contributed by atoms with Crippen LogP contribution < -0.4 is 11.1 Å². The van der Waals surface area contributed by atoms with Crippen LogP contribution in [0.15, 0.2) is 11.8 Å². The summed E-state index contributed by atoms with van der Waals surface area (Å²) in [6.07, 6.45) is -0.372. The van der Waals surface area contributed by atoms with Crippen LogP contribution in [0.2, 0.25) is 0 Å². The topological polar surface area (TPSA) is 143 Å². The van der Waals surface area contributed by atoms with Crippen molar-refractivity contribution < 1.29 is 38.1 Å². The lowest BCUT2D eigenvalue weighted by molar-refractivity contribution is -0.165. The quantitative estimate of drug-likeness (QED) is 0.415. The molecule has 0 aliphatic carbocycles. The largest absolute Gasteiger partial charge is 0.481 e. The van der Waals surface area contributed by atoms with Gasteiger partial charge in [-0.2, -0.15) is 0 Å². The van der Waals surface area contributed by atoms with Gasteiger partial charge in [-0.1, -0.05) is 20.8 Å². The number of esters is 3. The van der Waals surface area contributed by atoms with Gasteiger partial charge < -0.3 is 30.0 Å². The molecule has 164 valence electrons. The first-order valence-electron chi connectivity index (χ1n) is 9.31. The first kappa shape index (κ1) is 24.4. The Morgan fingerprint density at radius 1 is 1.17 bits per heavy atom. The SMILES string of the molecule is COC(=O)C1=C[C@H](N)[C@@H](NC(=O)C(C)C)[C@H]([C@H](C)[C@@H](COC(C)=O)OC(C)=O)O1. The minimum atomic E-state index is -0.885. The monoisotopic (exact) mass is 414 g/mol. The highest BCUT2D eigenvalue weighted by atomic mass is 16.6. The van der Waals surface area contributed by atoms with E-state index in [1.807, 2.05) is 0 Å². The Bertz CT molecular complexity index is 661. The van der Waals surface area contributed by atoms with E-state index in [1.54, 1.807) is 20.8 Å². The number of amides is 1. The van der Waals surface area contributed by atoms with E-state index in [1.165, 1.54) is 27.0 Å². The fraction of sp³-hybridized carbons (Fsp3) is 0.684. The van der Waals surface area contributed by atoms with E-state index >= 15 is 0 Å². The molecule has 3 N–H and O–H groups in total. The molecule has 0 fully saturated rings. The molecular formula is C19H30N2O8. The van der Waals surface area contributed by atoms with Crippen molar-refractivity contribution in [3.05, 3.63) is 11.8 Å². The van der Waals surface area contributed by atoms with Crippen molar-refractivity contribution in [2.75, 3.05) is 13.7 Å². The Labute approximate surface area is 170 Å². The summed E-state index contributed by atoms with van der Waals surface area (Å²) in [5, 5.41) is 2.82. The van der Waals surface area contributed by atoms with Gasteiger partial charge in [-0.15, -0.1) is 0 Å². The van der Waals surface area contributed by atoms with Crippen LogP contribution >= 0.6 is 0 Å². The van der Waals surface area contributed by atoms with Crippen LogP contribution in [-0.4, -0.2) is 61.8 Å². The number of ether oxygens (including phenoxy) is 4. The van der Waals surface area contributed by atoms with E-state index in [9.17, 15) is 19.2 Å². The van der Waals surface area contributed by atoms with Crippen LogP contribution in [0.4, 0.5) is 0 Å². The lowest BCUT2D eigenvalue weighted by atomic mass is 9.86. The molecule has 1 heterocycles. The summed E-state index contributed by atoms with van der Waals surface area (Å²) in [6.45, 7) is 7.36. The maximum Gasteiger partial charge on any atom is 0.373 e. The fourth-order valence-corrected chi connectivity index (χ4v) is 2.83. The molecule has 10 heteroatoms. The second-order valence-electron chi connectivity index (χ2n) is 7.18. The minimum Gasteiger partial charge on any atom is -0.481 e. The third-order valence-corrected chi connectivity index (χ3v) is 4.47. The number of hydrogen-bond donors (Lipinski definition) is 2. The fourth-order valence-electron chi connectivity index (χ4n) is 2.83. The van der Waals surface area contributed by atoms with Gasteiger partial charge >= 0.3 is 17.9 Å². The summed E-state index contributed by atoms with van der Waals surface area (Å²) in [5.41, 5.74) is 6.19. The molecule has 0 unspecified atom stereocenters. The molecule has 5 atom stereocenters. The number of rotatable bonds is 8.